The van der Waals surface area contributed by atoms with Crippen molar-refractivity contribution in [2.24, 2.45) is 0 Å². The third kappa shape index (κ3) is 4.50. The molecular formula is C40H19F3N4O2S2. The Morgan fingerprint density at radius 3 is 1.61 bits per heavy atom. The van der Waals surface area contributed by atoms with Crippen molar-refractivity contribution in [1.82, 2.24) is 0 Å². The van der Waals surface area contributed by atoms with Crippen molar-refractivity contribution in [3.05, 3.63) is 148 Å². The Bertz CT molecular complexity index is 2460. The van der Waals surface area contributed by atoms with Crippen LogP contribution in [-0.4, -0.2) is 11.6 Å². The van der Waals surface area contributed by atoms with E-state index in [4.69, 9.17) is 13.1 Å². The van der Waals surface area contributed by atoms with E-state index in [-0.39, 0.29) is 50.1 Å². The predicted octanol–water partition coefficient (Wildman–Crippen LogP) is 10.2. The van der Waals surface area contributed by atoms with Gasteiger partial charge in [-0.2, -0.15) is 0 Å². The Kier molecular flexibility index (Phi) is 7.22. The molecule has 2 aromatic heterocycles. The maximum atomic E-state index is 14.6. The minimum atomic E-state index is -1.20. The number of thiophene rings is 2. The highest BCUT2D eigenvalue weighted by Gasteiger charge is 2.48. The molecule has 0 amide bonds. The van der Waals surface area contributed by atoms with E-state index in [1.165, 1.54) is 28.7 Å². The molecule has 0 aliphatic heterocycles. The summed E-state index contributed by atoms with van der Waals surface area (Å²) in [5.41, 5.74) is 2.16. The zero-order valence-electron chi connectivity index (χ0n) is 26.5. The summed E-state index contributed by atoms with van der Waals surface area (Å²) in [6, 6.07) is 12.0. The summed E-state index contributed by atoms with van der Waals surface area (Å²) in [6.07, 6.45) is 6.94. The zero-order chi connectivity index (χ0) is 35.9. The van der Waals surface area contributed by atoms with Crippen molar-refractivity contribution < 1.29 is 22.8 Å². The smallest absolute Gasteiger partial charge is 0.270 e. The Morgan fingerprint density at radius 1 is 0.725 bits per heavy atom. The Morgan fingerprint density at radius 2 is 1.16 bits per heavy atom. The first-order valence-electron chi connectivity index (χ1n) is 15.7. The van der Waals surface area contributed by atoms with Crippen LogP contribution >= 0.6 is 22.7 Å². The minimum absolute atomic E-state index is 0.0000155. The van der Waals surface area contributed by atoms with Gasteiger partial charge in [-0.15, -0.1) is 22.7 Å². The third-order valence-corrected chi connectivity index (χ3v) is 12.4. The number of rotatable bonds is 2. The summed E-state index contributed by atoms with van der Waals surface area (Å²) in [5, 5.41) is 19.5. The standard InChI is InChI=1S/C40H19F3N4O2S2/c1-18-8-21-23(14-29(18)41)36(48)25(34(21)32(16-44)46-2)9-19-11-27-38(50-19)39-28(40(27)6-4-5-7-40)12-20(51-39)10-26-35(33(17-45)47-3)22-13-30(42)31(43)15-24(22)37(26)49/h8-15H,4-7H2,1H3/b25-9-,26-10-,34-32?,35-33+. The molecule has 2 aromatic carbocycles. The molecule has 11 heteroatoms. The molecule has 6 nitrogen and oxygen atoms in total. The number of halogens is 3. The van der Waals surface area contributed by atoms with Crippen molar-refractivity contribution >= 4 is 57.5 Å². The molecule has 4 aliphatic carbocycles. The second-order valence-corrected chi connectivity index (χ2v) is 14.9. The van der Waals surface area contributed by atoms with Gasteiger partial charge in [-0.3, -0.25) is 9.59 Å². The van der Waals surface area contributed by atoms with Crippen LogP contribution in [0.1, 0.15) is 84.0 Å². The highest BCUT2D eigenvalue weighted by molar-refractivity contribution is 7.23. The topological polar surface area (TPSA) is 90.4 Å². The second-order valence-electron chi connectivity index (χ2n) is 12.7. The van der Waals surface area contributed by atoms with Crippen LogP contribution in [0, 0.1) is 60.2 Å². The van der Waals surface area contributed by atoms with E-state index >= 15 is 0 Å². The molecule has 244 valence electrons. The number of aryl methyl sites for hydroxylation is 1. The Labute approximate surface area is 297 Å². The van der Waals surface area contributed by atoms with E-state index in [2.05, 4.69) is 9.69 Å². The number of fused-ring (bicyclic) bond motifs is 7. The number of nitriles is 2. The van der Waals surface area contributed by atoms with E-state index in [0.29, 0.717) is 16.0 Å². The van der Waals surface area contributed by atoms with E-state index in [0.717, 1.165) is 69.6 Å². The minimum Gasteiger partial charge on any atom is -0.289 e. The molecule has 1 saturated carbocycles. The summed E-state index contributed by atoms with van der Waals surface area (Å²) >= 11 is 2.87. The molecule has 1 fully saturated rings. The third-order valence-electron chi connectivity index (χ3n) is 10.1. The highest BCUT2D eigenvalue weighted by atomic mass is 32.1. The fourth-order valence-corrected chi connectivity index (χ4v) is 10.4. The van der Waals surface area contributed by atoms with Crippen LogP contribution in [0.25, 0.3) is 42.7 Å². The van der Waals surface area contributed by atoms with E-state index in [1.54, 1.807) is 25.1 Å². The monoisotopic (exact) mass is 708 g/mol. The summed E-state index contributed by atoms with van der Waals surface area (Å²) in [4.78, 5) is 37.3. The van der Waals surface area contributed by atoms with Crippen LogP contribution in [0.3, 0.4) is 0 Å². The maximum absolute atomic E-state index is 14.6. The van der Waals surface area contributed by atoms with Gasteiger partial charge in [0.2, 0.25) is 0 Å². The van der Waals surface area contributed by atoms with Crippen LogP contribution in [0.5, 0.6) is 0 Å². The van der Waals surface area contributed by atoms with E-state index in [1.807, 2.05) is 18.2 Å². The van der Waals surface area contributed by atoms with Gasteiger partial charge in [-0.05, 0) is 96.1 Å². The van der Waals surface area contributed by atoms with Crippen molar-refractivity contribution in [3.63, 3.8) is 0 Å². The van der Waals surface area contributed by atoms with E-state index in [9.17, 15) is 33.3 Å². The highest BCUT2D eigenvalue weighted by Crippen LogP contribution is 2.62. The predicted molar refractivity (Wildman–Crippen MR) is 187 cm³/mol. The fraction of sp³-hybridized carbons (Fsp3) is 0.150. The van der Waals surface area contributed by atoms with Crippen molar-refractivity contribution in [1.29, 1.82) is 10.5 Å². The molecular weight excluding hydrogens is 690 g/mol. The van der Waals surface area contributed by atoms with Crippen LogP contribution in [0.2, 0.25) is 0 Å². The Balaban J connectivity index is 1.27. The van der Waals surface area contributed by atoms with Crippen LogP contribution in [0.15, 0.2) is 58.9 Å². The molecule has 0 unspecified atom stereocenters. The molecule has 0 bridgehead atoms. The molecule has 0 N–H and O–H groups in total. The first-order chi connectivity index (χ1) is 24.5. The van der Waals surface area contributed by atoms with Gasteiger partial charge in [0.15, 0.2) is 23.2 Å². The van der Waals surface area contributed by atoms with Gasteiger partial charge in [0.1, 0.15) is 5.82 Å². The number of nitrogens with zero attached hydrogens (tertiary/aromatic N) is 4. The lowest BCUT2D eigenvalue weighted by Gasteiger charge is -2.24. The lowest BCUT2D eigenvalue weighted by atomic mass is 9.78. The van der Waals surface area contributed by atoms with Gasteiger partial charge >= 0.3 is 0 Å². The van der Waals surface area contributed by atoms with Crippen molar-refractivity contribution in [2.75, 3.05) is 0 Å². The van der Waals surface area contributed by atoms with Gasteiger partial charge in [-0.1, -0.05) is 12.8 Å². The van der Waals surface area contributed by atoms with Crippen LogP contribution < -0.4 is 0 Å². The lowest BCUT2D eigenvalue weighted by Crippen LogP contribution is -2.19. The fourth-order valence-electron chi connectivity index (χ4n) is 7.84. The first-order valence-corrected chi connectivity index (χ1v) is 17.3. The summed E-state index contributed by atoms with van der Waals surface area (Å²) in [6.45, 7) is 16.7. The lowest BCUT2D eigenvalue weighted by molar-refractivity contribution is 0.103. The molecule has 0 saturated heterocycles. The van der Waals surface area contributed by atoms with Gasteiger partial charge in [0.05, 0.1) is 25.3 Å². The number of benzene rings is 2. The number of ketones is 2. The molecule has 4 aliphatic rings. The Hall–Kier alpha value is -6.11. The molecule has 2 heterocycles. The summed E-state index contributed by atoms with van der Waals surface area (Å²) < 4.78 is 43.1. The second kappa shape index (κ2) is 11.5. The molecule has 8 rings (SSSR count). The largest absolute Gasteiger partial charge is 0.289 e. The number of allylic oxidation sites excluding steroid dienone is 6. The molecule has 4 aromatic rings. The maximum Gasteiger partial charge on any atom is 0.270 e. The average Bonchev–Trinajstić information content (AvgIpc) is 3.96. The molecule has 1 spiro atoms. The number of Topliss-reactive ketones (excluding diaryl/α,β-unsaturated/α-hetero) is 2. The SMILES string of the molecule is [C-]#[N+]C(C#N)=C1/C(=C/c2cc3c(s2)-c2sc(/C=C4\C(=O)c5cc(F)c(F)cc5\C4=C(\C#N)[N+]#[C-])cc2C32CCCC2)C(=O)c2cc(F)c(C)cc21. The number of hydrogen-bond donors (Lipinski definition) is 0. The van der Waals surface area contributed by atoms with Crippen molar-refractivity contribution in [3.8, 4) is 21.9 Å². The number of carbonyl (C=O) groups is 2. The molecule has 0 atom stereocenters. The quantitative estimate of drug-likeness (QED) is 0.118. The zero-order valence-corrected chi connectivity index (χ0v) is 28.1. The van der Waals surface area contributed by atoms with E-state index < -0.39 is 34.7 Å². The van der Waals surface area contributed by atoms with Gasteiger partial charge in [0.25, 0.3) is 11.4 Å². The normalized spacial score (nSPS) is 19.8. The molecule has 0 radical (unpaired) electrons. The van der Waals surface area contributed by atoms with Gasteiger partial charge < -0.3 is 0 Å². The summed E-state index contributed by atoms with van der Waals surface area (Å²) in [7, 11) is 0. The average molecular weight is 709 g/mol. The van der Waals surface area contributed by atoms with Gasteiger partial charge in [-0.25, -0.2) is 33.4 Å². The summed E-state index contributed by atoms with van der Waals surface area (Å²) in [5.74, 6) is -4.02. The number of carbonyl (C=O) groups excluding carboxylic acids is 2. The number of hydrogen-bond acceptors (Lipinski definition) is 6. The van der Waals surface area contributed by atoms with Crippen LogP contribution in [-0.2, 0) is 5.41 Å². The molecule has 51 heavy (non-hydrogen) atoms. The first kappa shape index (κ1) is 32.1. The van der Waals surface area contributed by atoms with Gasteiger partial charge in [0, 0.05) is 58.3 Å². The van der Waals surface area contributed by atoms with Crippen LogP contribution in [0.4, 0.5) is 13.2 Å². The van der Waals surface area contributed by atoms with Crippen molar-refractivity contribution in [2.45, 2.75) is 38.0 Å².